The van der Waals surface area contributed by atoms with Gasteiger partial charge in [-0.05, 0) is 30.7 Å². The average molecular weight is 297 g/mol. The molecular formula is C17H19N3O2. The Morgan fingerprint density at radius 2 is 2.05 bits per heavy atom. The fraction of sp³-hybridized carbons (Fsp3) is 0.235. The number of anilines is 1. The predicted octanol–water partition coefficient (Wildman–Crippen LogP) is 2.48. The van der Waals surface area contributed by atoms with Crippen LogP contribution < -0.4 is 10.5 Å². The quantitative estimate of drug-likeness (QED) is 0.776. The summed E-state index contributed by atoms with van der Waals surface area (Å²) in [5, 5.41) is 9.32. The molecule has 0 radical (unpaired) electrons. The maximum atomic E-state index is 9.32. The molecule has 5 heteroatoms. The molecule has 1 heterocycles. The number of fused-ring (bicyclic) bond motifs is 1. The summed E-state index contributed by atoms with van der Waals surface area (Å²) >= 11 is 0. The Labute approximate surface area is 129 Å². The highest BCUT2D eigenvalue weighted by molar-refractivity contribution is 5.79. The first kappa shape index (κ1) is 14.4. The molecule has 0 amide bonds. The Kier molecular flexibility index (Phi) is 3.73. The molecule has 0 fully saturated rings. The van der Waals surface area contributed by atoms with Gasteiger partial charge in [-0.1, -0.05) is 23.8 Å². The van der Waals surface area contributed by atoms with E-state index in [1.54, 1.807) is 7.11 Å². The second-order valence-corrected chi connectivity index (χ2v) is 5.35. The molecule has 0 saturated heterocycles. The van der Waals surface area contributed by atoms with Crippen molar-refractivity contribution in [3.8, 4) is 5.75 Å². The molecule has 3 aromatic rings. The number of imidazole rings is 1. The van der Waals surface area contributed by atoms with E-state index in [2.05, 4.69) is 11.1 Å². The summed E-state index contributed by atoms with van der Waals surface area (Å²) in [6.07, 6.45) is 0. The van der Waals surface area contributed by atoms with Crippen LogP contribution in [0.4, 0.5) is 5.95 Å². The molecule has 0 aliphatic heterocycles. The first-order valence-corrected chi connectivity index (χ1v) is 7.11. The largest absolute Gasteiger partial charge is 0.496 e. The maximum Gasteiger partial charge on any atom is 0.201 e. The number of rotatable bonds is 4. The minimum absolute atomic E-state index is 0.00517. The number of aryl methyl sites for hydroxylation is 1. The lowest BCUT2D eigenvalue weighted by atomic mass is 10.1. The number of hydrogen-bond donors (Lipinski definition) is 2. The van der Waals surface area contributed by atoms with E-state index in [4.69, 9.17) is 10.5 Å². The number of nitrogens with zero attached hydrogens (tertiary/aromatic N) is 2. The summed E-state index contributed by atoms with van der Waals surface area (Å²) in [6.45, 7) is 2.61. The third kappa shape index (κ3) is 2.51. The van der Waals surface area contributed by atoms with Crippen LogP contribution in [-0.2, 0) is 13.2 Å². The van der Waals surface area contributed by atoms with Gasteiger partial charge in [0.25, 0.3) is 0 Å². The lowest BCUT2D eigenvalue weighted by Gasteiger charge is -2.12. The van der Waals surface area contributed by atoms with Crippen molar-refractivity contribution < 1.29 is 9.84 Å². The Hall–Kier alpha value is -2.53. The summed E-state index contributed by atoms with van der Waals surface area (Å²) in [7, 11) is 1.66. The third-order valence-electron chi connectivity index (χ3n) is 3.79. The van der Waals surface area contributed by atoms with E-state index in [9.17, 15) is 5.11 Å². The predicted molar refractivity (Wildman–Crippen MR) is 86.9 cm³/mol. The lowest BCUT2D eigenvalue weighted by molar-refractivity contribution is 0.282. The molecular weight excluding hydrogens is 278 g/mol. The van der Waals surface area contributed by atoms with E-state index >= 15 is 0 Å². The molecule has 0 saturated carbocycles. The van der Waals surface area contributed by atoms with Gasteiger partial charge in [0.1, 0.15) is 5.75 Å². The number of aliphatic hydroxyl groups is 1. The van der Waals surface area contributed by atoms with Gasteiger partial charge in [0.05, 0.1) is 31.3 Å². The van der Waals surface area contributed by atoms with Gasteiger partial charge in [0.15, 0.2) is 0 Å². The molecule has 0 bridgehead atoms. The highest BCUT2D eigenvalue weighted by Crippen LogP contribution is 2.25. The molecule has 3 N–H and O–H groups in total. The zero-order valence-corrected chi connectivity index (χ0v) is 12.7. The van der Waals surface area contributed by atoms with Crippen molar-refractivity contribution in [1.29, 1.82) is 0 Å². The molecule has 1 aromatic heterocycles. The van der Waals surface area contributed by atoms with Gasteiger partial charge < -0.3 is 20.1 Å². The van der Waals surface area contributed by atoms with Crippen LogP contribution in [0.2, 0.25) is 0 Å². The number of aliphatic hydroxyl groups excluding tert-OH is 1. The minimum Gasteiger partial charge on any atom is -0.496 e. The monoisotopic (exact) mass is 297 g/mol. The van der Waals surface area contributed by atoms with Gasteiger partial charge in [0, 0.05) is 5.56 Å². The molecule has 3 rings (SSSR count). The summed E-state index contributed by atoms with van der Waals surface area (Å²) in [4.78, 5) is 4.38. The zero-order chi connectivity index (χ0) is 15.7. The van der Waals surface area contributed by atoms with Gasteiger partial charge >= 0.3 is 0 Å². The van der Waals surface area contributed by atoms with E-state index in [-0.39, 0.29) is 6.61 Å². The molecule has 2 aromatic carbocycles. The van der Waals surface area contributed by atoms with E-state index in [0.717, 1.165) is 33.5 Å². The Balaban J connectivity index is 2.10. The summed E-state index contributed by atoms with van der Waals surface area (Å²) < 4.78 is 7.37. The first-order chi connectivity index (χ1) is 10.6. The smallest absolute Gasteiger partial charge is 0.201 e. The van der Waals surface area contributed by atoms with Crippen molar-refractivity contribution in [3.63, 3.8) is 0 Å². The van der Waals surface area contributed by atoms with Gasteiger partial charge in [-0.15, -0.1) is 0 Å². The Bertz CT molecular complexity index is 824. The number of benzene rings is 2. The minimum atomic E-state index is -0.00517. The Morgan fingerprint density at radius 3 is 2.77 bits per heavy atom. The number of hydrogen-bond acceptors (Lipinski definition) is 4. The molecule has 0 spiro atoms. The van der Waals surface area contributed by atoms with E-state index in [0.29, 0.717) is 12.5 Å². The molecule has 22 heavy (non-hydrogen) atoms. The van der Waals surface area contributed by atoms with Crippen LogP contribution >= 0.6 is 0 Å². The SMILES string of the molecule is COc1ccc(C)cc1Cn1c(N)nc2ccc(CO)cc21. The van der Waals surface area contributed by atoms with Crippen LogP contribution in [-0.4, -0.2) is 21.8 Å². The van der Waals surface area contributed by atoms with Crippen molar-refractivity contribution >= 4 is 17.0 Å². The normalized spacial score (nSPS) is 11.0. The van der Waals surface area contributed by atoms with Crippen LogP contribution in [0.15, 0.2) is 36.4 Å². The van der Waals surface area contributed by atoms with Crippen molar-refractivity contribution in [3.05, 3.63) is 53.1 Å². The number of nitrogens with two attached hydrogens (primary N) is 1. The van der Waals surface area contributed by atoms with Crippen LogP contribution in [0.25, 0.3) is 11.0 Å². The fourth-order valence-electron chi connectivity index (χ4n) is 2.65. The van der Waals surface area contributed by atoms with Crippen LogP contribution in [0.5, 0.6) is 5.75 Å². The number of methoxy groups -OCH3 is 1. The summed E-state index contributed by atoms with van der Waals surface area (Å²) in [5.41, 5.74) is 10.8. The highest BCUT2D eigenvalue weighted by atomic mass is 16.5. The first-order valence-electron chi connectivity index (χ1n) is 7.11. The van der Waals surface area contributed by atoms with Crippen molar-refractivity contribution in [2.45, 2.75) is 20.1 Å². The molecule has 0 aliphatic carbocycles. The van der Waals surface area contributed by atoms with Crippen molar-refractivity contribution in [1.82, 2.24) is 9.55 Å². The van der Waals surface area contributed by atoms with Crippen molar-refractivity contribution in [2.24, 2.45) is 0 Å². The average Bonchev–Trinajstić information content (AvgIpc) is 2.83. The summed E-state index contributed by atoms with van der Waals surface area (Å²) in [5.74, 6) is 1.28. The lowest BCUT2D eigenvalue weighted by Crippen LogP contribution is -2.06. The maximum absolute atomic E-state index is 9.32. The van der Waals surface area contributed by atoms with Gasteiger partial charge in [0.2, 0.25) is 5.95 Å². The Morgan fingerprint density at radius 1 is 1.23 bits per heavy atom. The number of ether oxygens (including phenoxy) is 1. The second-order valence-electron chi connectivity index (χ2n) is 5.35. The van der Waals surface area contributed by atoms with Gasteiger partial charge in [-0.25, -0.2) is 4.98 Å². The van der Waals surface area contributed by atoms with Crippen molar-refractivity contribution in [2.75, 3.05) is 12.8 Å². The van der Waals surface area contributed by atoms with E-state index in [1.165, 1.54) is 0 Å². The zero-order valence-electron chi connectivity index (χ0n) is 12.7. The summed E-state index contributed by atoms with van der Waals surface area (Å²) in [6, 6.07) is 11.7. The van der Waals surface area contributed by atoms with E-state index < -0.39 is 0 Å². The van der Waals surface area contributed by atoms with E-state index in [1.807, 2.05) is 41.8 Å². The highest BCUT2D eigenvalue weighted by Gasteiger charge is 2.12. The standard InChI is InChI=1S/C17H19N3O2/c1-11-3-6-16(22-2)13(7-11)9-20-15-8-12(10-21)4-5-14(15)19-17(20)18/h3-8,21H,9-10H2,1-2H3,(H2,18,19). The van der Waals surface area contributed by atoms with Crippen LogP contribution in [0.1, 0.15) is 16.7 Å². The van der Waals surface area contributed by atoms with Gasteiger partial charge in [-0.2, -0.15) is 0 Å². The molecule has 114 valence electrons. The fourth-order valence-corrected chi connectivity index (χ4v) is 2.65. The third-order valence-corrected chi connectivity index (χ3v) is 3.79. The van der Waals surface area contributed by atoms with Gasteiger partial charge in [-0.3, -0.25) is 0 Å². The van der Waals surface area contributed by atoms with Crippen LogP contribution in [0, 0.1) is 6.92 Å². The number of nitrogen functional groups attached to an aromatic ring is 1. The molecule has 0 aliphatic rings. The second kappa shape index (κ2) is 5.69. The number of aromatic nitrogens is 2. The molecule has 5 nitrogen and oxygen atoms in total. The van der Waals surface area contributed by atoms with Crippen LogP contribution in [0.3, 0.4) is 0 Å². The molecule has 0 unspecified atom stereocenters. The topological polar surface area (TPSA) is 73.3 Å². The molecule has 0 atom stereocenters.